The van der Waals surface area contributed by atoms with E-state index < -0.39 is 6.16 Å². The number of hydrogen-bond acceptors (Lipinski definition) is 5. The molecule has 20 heavy (non-hydrogen) atoms. The predicted octanol–water partition coefficient (Wildman–Crippen LogP) is 3.71. The van der Waals surface area contributed by atoms with Crippen LogP contribution < -0.4 is 0 Å². The van der Waals surface area contributed by atoms with Gasteiger partial charge in [-0.15, -0.1) is 11.3 Å². The van der Waals surface area contributed by atoms with Gasteiger partial charge in [-0.2, -0.15) is 0 Å². The second-order valence-electron chi connectivity index (χ2n) is 5.44. The van der Waals surface area contributed by atoms with E-state index in [9.17, 15) is 4.79 Å². The second kappa shape index (κ2) is 6.59. The Labute approximate surface area is 123 Å². The van der Waals surface area contributed by atoms with Gasteiger partial charge in [0.1, 0.15) is 12.7 Å². The number of hydrogen-bond donors (Lipinski definition) is 0. The Balaban J connectivity index is 1.42. The molecule has 0 spiro atoms. The van der Waals surface area contributed by atoms with Crippen molar-refractivity contribution < 1.29 is 19.0 Å². The molecule has 0 bridgehead atoms. The largest absolute Gasteiger partial charge is 0.508 e. The van der Waals surface area contributed by atoms with Crippen molar-refractivity contribution in [2.24, 2.45) is 5.92 Å². The van der Waals surface area contributed by atoms with Crippen molar-refractivity contribution in [2.45, 2.75) is 38.2 Å². The van der Waals surface area contributed by atoms with Crippen LogP contribution in [0.4, 0.5) is 4.79 Å². The summed E-state index contributed by atoms with van der Waals surface area (Å²) < 4.78 is 16.0. The van der Waals surface area contributed by atoms with E-state index in [0.717, 1.165) is 19.3 Å². The molecule has 2 aliphatic rings. The van der Waals surface area contributed by atoms with Crippen molar-refractivity contribution in [2.75, 3.05) is 19.8 Å². The summed E-state index contributed by atoms with van der Waals surface area (Å²) in [6.07, 6.45) is 5.08. The Hall–Kier alpha value is -1.07. The van der Waals surface area contributed by atoms with Gasteiger partial charge in [-0.25, -0.2) is 4.79 Å². The summed E-state index contributed by atoms with van der Waals surface area (Å²) in [5, 5.41) is 2.06. The first-order valence-corrected chi connectivity index (χ1v) is 8.18. The van der Waals surface area contributed by atoms with Crippen LogP contribution in [0.2, 0.25) is 0 Å². The zero-order chi connectivity index (χ0) is 13.8. The maximum Gasteiger partial charge on any atom is 0.508 e. The minimum atomic E-state index is -0.566. The van der Waals surface area contributed by atoms with Gasteiger partial charge in [0.25, 0.3) is 0 Å². The van der Waals surface area contributed by atoms with Crippen LogP contribution in [0.5, 0.6) is 0 Å². The minimum absolute atomic E-state index is 0.127. The van der Waals surface area contributed by atoms with Gasteiger partial charge in [0, 0.05) is 4.88 Å². The molecule has 0 saturated heterocycles. The van der Waals surface area contributed by atoms with Crippen LogP contribution in [0.1, 0.15) is 42.2 Å². The maximum absolute atomic E-state index is 11.6. The summed E-state index contributed by atoms with van der Waals surface area (Å²) in [7, 11) is 0. The third kappa shape index (κ3) is 3.33. The molecule has 1 aromatic rings. The molecule has 0 unspecified atom stereocenters. The summed E-state index contributed by atoms with van der Waals surface area (Å²) in [6.45, 7) is 1.43. The van der Waals surface area contributed by atoms with Crippen molar-refractivity contribution >= 4 is 17.5 Å². The van der Waals surface area contributed by atoms with E-state index >= 15 is 0 Å². The molecule has 1 aliphatic carbocycles. The minimum Gasteiger partial charge on any atom is -0.434 e. The number of fused-ring (bicyclic) bond motifs is 1. The molecule has 0 radical (unpaired) electrons. The highest BCUT2D eigenvalue weighted by molar-refractivity contribution is 7.10. The van der Waals surface area contributed by atoms with Crippen LogP contribution in [-0.2, 0) is 20.6 Å². The Morgan fingerprint density at radius 2 is 2.10 bits per heavy atom. The van der Waals surface area contributed by atoms with E-state index in [2.05, 4.69) is 11.4 Å². The summed E-state index contributed by atoms with van der Waals surface area (Å²) in [4.78, 5) is 12.8. The molecule has 0 aromatic carbocycles. The highest BCUT2D eigenvalue weighted by Gasteiger charge is 2.24. The van der Waals surface area contributed by atoms with Crippen molar-refractivity contribution in [1.29, 1.82) is 0 Å². The van der Waals surface area contributed by atoms with E-state index in [1.165, 1.54) is 23.3 Å². The van der Waals surface area contributed by atoms with E-state index in [-0.39, 0.29) is 12.7 Å². The van der Waals surface area contributed by atoms with Crippen LogP contribution in [0.25, 0.3) is 0 Å². The molecule has 0 N–H and O–H groups in total. The molecule has 4 nitrogen and oxygen atoms in total. The number of rotatable bonds is 4. The Morgan fingerprint density at radius 3 is 2.95 bits per heavy atom. The summed E-state index contributed by atoms with van der Waals surface area (Å²) in [5.74, 6) is 0.525. The number of thiophene rings is 1. The van der Waals surface area contributed by atoms with Crippen molar-refractivity contribution in [1.82, 2.24) is 0 Å². The Kier molecular flexibility index (Phi) is 4.58. The van der Waals surface area contributed by atoms with Gasteiger partial charge in [0.2, 0.25) is 0 Å². The van der Waals surface area contributed by atoms with Crippen molar-refractivity contribution in [3.63, 3.8) is 0 Å². The lowest BCUT2D eigenvalue weighted by Gasteiger charge is -2.22. The van der Waals surface area contributed by atoms with Crippen LogP contribution >= 0.6 is 11.3 Å². The first-order valence-electron chi connectivity index (χ1n) is 7.30. The zero-order valence-electron chi connectivity index (χ0n) is 11.5. The number of carbonyl (C=O) groups is 1. The van der Waals surface area contributed by atoms with Gasteiger partial charge < -0.3 is 14.2 Å². The quantitative estimate of drug-likeness (QED) is 0.795. The normalized spacial score (nSPS) is 22.5. The average molecular weight is 296 g/mol. The molecule has 5 heteroatoms. The molecule has 1 fully saturated rings. The average Bonchev–Trinajstić information content (AvgIpc) is 3.13. The fourth-order valence-electron chi connectivity index (χ4n) is 2.90. The van der Waals surface area contributed by atoms with Crippen LogP contribution in [0.3, 0.4) is 0 Å². The lowest BCUT2D eigenvalue weighted by molar-refractivity contribution is -0.0242. The topological polar surface area (TPSA) is 44.8 Å². The molecule has 1 aliphatic heterocycles. The fourth-order valence-corrected chi connectivity index (χ4v) is 3.88. The summed E-state index contributed by atoms with van der Waals surface area (Å²) in [5.41, 5.74) is 1.31. The lowest BCUT2D eigenvalue weighted by atomic mass is 10.1. The van der Waals surface area contributed by atoms with Crippen molar-refractivity contribution in [3.05, 3.63) is 21.9 Å². The zero-order valence-corrected chi connectivity index (χ0v) is 12.3. The highest BCUT2D eigenvalue weighted by atomic mass is 32.1. The SMILES string of the molecule is O=C(OCC1CCCC1)OC[C@@H]1OCCc2ccsc21. The van der Waals surface area contributed by atoms with Gasteiger partial charge in [0.15, 0.2) is 0 Å². The molecule has 1 aromatic heterocycles. The first-order chi connectivity index (χ1) is 9.83. The number of ether oxygens (including phenoxy) is 3. The van der Waals surface area contributed by atoms with Gasteiger partial charge in [0.05, 0.1) is 13.2 Å². The Bertz CT molecular complexity index is 450. The van der Waals surface area contributed by atoms with Gasteiger partial charge in [-0.1, -0.05) is 12.8 Å². The monoisotopic (exact) mass is 296 g/mol. The molecule has 2 heterocycles. The van der Waals surface area contributed by atoms with Crippen LogP contribution in [-0.4, -0.2) is 26.0 Å². The van der Waals surface area contributed by atoms with E-state index in [4.69, 9.17) is 14.2 Å². The van der Waals surface area contributed by atoms with E-state index in [1.807, 2.05) is 0 Å². The smallest absolute Gasteiger partial charge is 0.434 e. The molecule has 110 valence electrons. The third-order valence-corrected chi connectivity index (χ3v) is 5.08. The lowest BCUT2D eigenvalue weighted by Crippen LogP contribution is -2.21. The van der Waals surface area contributed by atoms with Crippen LogP contribution in [0, 0.1) is 5.92 Å². The number of carbonyl (C=O) groups excluding carboxylic acids is 1. The molecule has 1 atom stereocenters. The standard InChI is InChI=1S/C15H20O4S/c16-15(18-9-11-3-1-2-4-11)19-10-13-14-12(5-7-17-13)6-8-20-14/h6,8,11,13H,1-5,7,9-10H2/t13-/m0/s1. The third-order valence-electron chi connectivity index (χ3n) is 4.03. The fraction of sp³-hybridized carbons (Fsp3) is 0.667. The Morgan fingerprint density at radius 1 is 1.30 bits per heavy atom. The van der Waals surface area contributed by atoms with Gasteiger partial charge in [-0.05, 0) is 42.2 Å². The summed E-state index contributed by atoms with van der Waals surface area (Å²) in [6, 6.07) is 2.12. The summed E-state index contributed by atoms with van der Waals surface area (Å²) >= 11 is 1.66. The first kappa shape index (κ1) is 13.9. The van der Waals surface area contributed by atoms with Gasteiger partial charge >= 0.3 is 6.16 Å². The molecule has 1 saturated carbocycles. The maximum atomic E-state index is 11.6. The molecular formula is C15H20O4S. The molecule has 0 amide bonds. The van der Waals surface area contributed by atoms with E-state index in [1.54, 1.807) is 11.3 Å². The van der Waals surface area contributed by atoms with Gasteiger partial charge in [-0.3, -0.25) is 0 Å². The molecular weight excluding hydrogens is 276 g/mol. The van der Waals surface area contributed by atoms with Crippen LogP contribution in [0.15, 0.2) is 11.4 Å². The predicted molar refractivity (Wildman–Crippen MR) is 76.0 cm³/mol. The molecule has 3 rings (SSSR count). The second-order valence-corrected chi connectivity index (χ2v) is 6.39. The van der Waals surface area contributed by atoms with E-state index in [0.29, 0.717) is 19.1 Å². The van der Waals surface area contributed by atoms with Crippen molar-refractivity contribution in [3.8, 4) is 0 Å². The highest BCUT2D eigenvalue weighted by Crippen LogP contribution is 2.32.